The van der Waals surface area contributed by atoms with Gasteiger partial charge >= 0.3 is 6.18 Å². The zero-order valence-electron chi connectivity index (χ0n) is 17.8. The van der Waals surface area contributed by atoms with Crippen molar-refractivity contribution in [1.82, 2.24) is 5.32 Å². The SMILES string of the molecule is CCOc1ccc(N2C(S)=C(C#N)C(=O)NC2c2ccc(-c3cccc(C(F)(F)F)c3)o2)cc1. The van der Waals surface area contributed by atoms with Gasteiger partial charge in [-0.3, -0.25) is 4.79 Å². The highest BCUT2D eigenvalue weighted by atomic mass is 32.1. The van der Waals surface area contributed by atoms with Gasteiger partial charge in [-0.25, -0.2) is 0 Å². The molecule has 1 unspecified atom stereocenters. The van der Waals surface area contributed by atoms with Crippen LogP contribution < -0.4 is 15.0 Å². The fourth-order valence-corrected chi connectivity index (χ4v) is 3.93. The van der Waals surface area contributed by atoms with Crippen molar-refractivity contribution in [2.75, 3.05) is 11.5 Å². The van der Waals surface area contributed by atoms with E-state index in [4.69, 9.17) is 9.15 Å². The molecular weight excluding hydrogens is 467 g/mol. The molecule has 1 amide bonds. The van der Waals surface area contributed by atoms with Crippen molar-refractivity contribution in [3.8, 4) is 23.1 Å². The van der Waals surface area contributed by atoms with E-state index < -0.39 is 23.8 Å². The molecule has 0 aliphatic carbocycles. The molecule has 174 valence electrons. The lowest BCUT2D eigenvalue weighted by atomic mass is 10.1. The molecule has 0 radical (unpaired) electrons. The minimum atomic E-state index is -4.49. The van der Waals surface area contributed by atoms with Crippen LogP contribution in [0.25, 0.3) is 11.3 Å². The average molecular weight is 485 g/mol. The first-order valence-electron chi connectivity index (χ1n) is 10.2. The molecule has 1 atom stereocenters. The average Bonchev–Trinajstić information content (AvgIpc) is 3.30. The minimum Gasteiger partial charge on any atom is -0.494 e. The van der Waals surface area contributed by atoms with Gasteiger partial charge in [0.25, 0.3) is 5.91 Å². The molecule has 10 heteroatoms. The first-order valence-corrected chi connectivity index (χ1v) is 10.6. The van der Waals surface area contributed by atoms with Crippen LogP contribution in [0.2, 0.25) is 0 Å². The molecule has 0 fully saturated rings. The van der Waals surface area contributed by atoms with Crippen LogP contribution in [0.1, 0.15) is 24.4 Å². The van der Waals surface area contributed by atoms with Crippen LogP contribution in [-0.4, -0.2) is 12.5 Å². The first kappa shape index (κ1) is 23.3. The Morgan fingerprint density at radius 1 is 1.18 bits per heavy atom. The second kappa shape index (κ2) is 9.19. The van der Waals surface area contributed by atoms with Crippen molar-refractivity contribution in [3.63, 3.8) is 0 Å². The van der Waals surface area contributed by atoms with E-state index in [1.165, 1.54) is 18.2 Å². The molecule has 1 aromatic heterocycles. The van der Waals surface area contributed by atoms with Crippen molar-refractivity contribution in [1.29, 1.82) is 5.26 Å². The van der Waals surface area contributed by atoms with Crippen molar-refractivity contribution >= 4 is 24.2 Å². The van der Waals surface area contributed by atoms with Gasteiger partial charge in [0.2, 0.25) is 0 Å². The van der Waals surface area contributed by atoms with Crippen molar-refractivity contribution < 1.29 is 27.1 Å². The monoisotopic (exact) mass is 485 g/mol. The van der Waals surface area contributed by atoms with E-state index in [9.17, 15) is 23.2 Å². The molecule has 0 spiro atoms. The summed E-state index contributed by atoms with van der Waals surface area (Å²) >= 11 is 4.42. The molecule has 2 aromatic carbocycles. The van der Waals surface area contributed by atoms with Crippen LogP contribution in [0.15, 0.2) is 75.7 Å². The number of carbonyl (C=O) groups is 1. The number of rotatable bonds is 5. The topological polar surface area (TPSA) is 78.5 Å². The first-order chi connectivity index (χ1) is 16.2. The summed E-state index contributed by atoms with van der Waals surface area (Å²) in [5.74, 6) is 0.437. The maximum absolute atomic E-state index is 13.1. The molecule has 4 rings (SSSR count). The van der Waals surface area contributed by atoms with E-state index >= 15 is 0 Å². The van der Waals surface area contributed by atoms with Gasteiger partial charge in [0.1, 0.15) is 28.9 Å². The number of benzene rings is 2. The van der Waals surface area contributed by atoms with Crippen molar-refractivity contribution in [3.05, 3.63) is 82.6 Å². The summed E-state index contributed by atoms with van der Waals surface area (Å²) in [4.78, 5) is 14.1. The summed E-state index contributed by atoms with van der Waals surface area (Å²) < 4.78 is 50.7. The zero-order chi connectivity index (χ0) is 24.5. The van der Waals surface area contributed by atoms with Crippen LogP contribution in [-0.2, 0) is 11.0 Å². The Hall–Kier alpha value is -3.84. The van der Waals surface area contributed by atoms with Crippen LogP contribution in [0.3, 0.4) is 0 Å². The lowest BCUT2D eigenvalue weighted by molar-refractivity contribution is -0.137. The van der Waals surface area contributed by atoms with Crippen molar-refractivity contribution in [2.24, 2.45) is 0 Å². The van der Waals surface area contributed by atoms with Gasteiger partial charge in [0, 0.05) is 11.3 Å². The molecular formula is C24H18F3N3O3S. The lowest BCUT2D eigenvalue weighted by Crippen LogP contribution is -2.45. The van der Waals surface area contributed by atoms with E-state index in [2.05, 4.69) is 17.9 Å². The highest BCUT2D eigenvalue weighted by molar-refractivity contribution is 7.84. The van der Waals surface area contributed by atoms with Gasteiger partial charge in [-0.05, 0) is 55.5 Å². The summed E-state index contributed by atoms with van der Waals surface area (Å²) in [6, 6.07) is 16.6. The second-order valence-electron chi connectivity index (χ2n) is 7.26. The third kappa shape index (κ3) is 4.47. The molecule has 34 heavy (non-hydrogen) atoms. The highest BCUT2D eigenvalue weighted by Crippen LogP contribution is 2.38. The number of carbonyl (C=O) groups excluding carboxylic acids is 1. The maximum atomic E-state index is 13.1. The molecule has 0 saturated carbocycles. The van der Waals surface area contributed by atoms with E-state index in [0.717, 1.165) is 12.1 Å². The molecule has 3 aromatic rings. The summed E-state index contributed by atoms with van der Waals surface area (Å²) in [7, 11) is 0. The Morgan fingerprint density at radius 3 is 2.56 bits per heavy atom. The van der Waals surface area contributed by atoms with Gasteiger partial charge in [-0.1, -0.05) is 12.1 Å². The van der Waals surface area contributed by atoms with E-state index in [-0.39, 0.29) is 27.7 Å². The fraction of sp³-hybridized carbons (Fsp3) is 0.167. The van der Waals surface area contributed by atoms with E-state index in [0.29, 0.717) is 18.0 Å². The standard InChI is InChI=1S/C24H18F3N3O3S/c1-2-32-17-8-6-16(7-9-17)30-21(29-22(31)18(13-28)23(30)34)20-11-10-19(33-20)14-4-3-5-15(12-14)24(25,26)27/h3-12,21,34H,2H2,1H3,(H,29,31). The maximum Gasteiger partial charge on any atom is 0.416 e. The molecule has 1 N–H and O–H groups in total. The molecule has 1 aliphatic rings. The third-order valence-electron chi connectivity index (χ3n) is 5.11. The minimum absolute atomic E-state index is 0.109. The van der Waals surface area contributed by atoms with Crippen molar-refractivity contribution in [2.45, 2.75) is 19.3 Å². The molecule has 2 heterocycles. The molecule has 0 bridgehead atoms. The molecule has 6 nitrogen and oxygen atoms in total. The number of nitrogens with one attached hydrogen (secondary N) is 1. The largest absolute Gasteiger partial charge is 0.494 e. The number of ether oxygens (including phenoxy) is 1. The number of furan rings is 1. The van der Waals surface area contributed by atoms with Crippen LogP contribution >= 0.6 is 12.6 Å². The van der Waals surface area contributed by atoms with E-state index in [1.807, 2.05) is 13.0 Å². The Kier molecular flexibility index (Phi) is 6.30. The van der Waals surface area contributed by atoms with Gasteiger partial charge in [-0.15, -0.1) is 12.6 Å². The normalized spacial score (nSPS) is 16.3. The third-order valence-corrected chi connectivity index (χ3v) is 5.55. The predicted octanol–water partition coefficient (Wildman–Crippen LogP) is 5.66. The molecule has 1 aliphatic heterocycles. The number of anilines is 1. The number of hydrogen-bond donors (Lipinski definition) is 2. The zero-order valence-corrected chi connectivity index (χ0v) is 18.7. The number of hydrogen-bond acceptors (Lipinski definition) is 6. The van der Waals surface area contributed by atoms with Crippen LogP contribution in [0.5, 0.6) is 5.75 Å². The van der Waals surface area contributed by atoms with Crippen LogP contribution in [0, 0.1) is 11.3 Å². The Balaban J connectivity index is 1.74. The molecule has 0 saturated heterocycles. The van der Waals surface area contributed by atoms with E-state index in [1.54, 1.807) is 35.2 Å². The van der Waals surface area contributed by atoms with Crippen LogP contribution in [0.4, 0.5) is 18.9 Å². The summed E-state index contributed by atoms with van der Waals surface area (Å²) in [6.45, 7) is 2.35. The number of nitrogens with zero attached hydrogens (tertiary/aromatic N) is 2. The summed E-state index contributed by atoms with van der Waals surface area (Å²) in [5.41, 5.74) is -0.166. The second-order valence-corrected chi connectivity index (χ2v) is 7.69. The van der Waals surface area contributed by atoms with Gasteiger partial charge < -0.3 is 19.4 Å². The smallest absolute Gasteiger partial charge is 0.416 e. The Bertz CT molecular complexity index is 1290. The number of nitriles is 1. The van der Waals surface area contributed by atoms with Gasteiger partial charge in [-0.2, -0.15) is 18.4 Å². The quantitative estimate of drug-likeness (QED) is 0.456. The highest BCUT2D eigenvalue weighted by Gasteiger charge is 2.36. The number of thiol groups is 1. The predicted molar refractivity (Wildman–Crippen MR) is 122 cm³/mol. The lowest BCUT2D eigenvalue weighted by Gasteiger charge is -2.36. The Labute approximate surface area is 198 Å². The fourth-order valence-electron chi connectivity index (χ4n) is 3.55. The van der Waals surface area contributed by atoms with Gasteiger partial charge in [0.05, 0.1) is 17.2 Å². The Morgan fingerprint density at radius 2 is 1.91 bits per heavy atom. The summed E-state index contributed by atoms with van der Waals surface area (Å²) in [5, 5.41) is 12.2. The number of halogens is 3. The number of alkyl halides is 3. The number of amides is 1. The van der Waals surface area contributed by atoms with Gasteiger partial charge in [0.15, 0.2) is 6.17 Å². The summed E-state index contributed by atoms with van der Waals surface area (Å²) in [6.07, 6.45) is -5.39.